The van der Waals surface area contributed by atoms with E-state index in [1.807, 2.05) is 53.6 Å². The van der Waals surface area contributed by atoms with Gasteiger partial charge in [-0.05, 0) is 90.2 Å². The Balaban J connectivity index is 1.23. The fourth-order valence-electron chi connectivity index (χ4n) is 6.58. The van der Waals surface area contributed by atoms with E-state index in [2.05, 4.69) is 104 Å². The van der Waals surface area contributed by atoms with Gasteiger partial charge in [0.2, 0.25) is 0 Å². The van der Waals surface area contributed by atoms with Crippen molar-refractivity contribution in [1.82, 2.24) is 9.55 Å². The fourth-order valence-corrected chi connectivity index (χ4v) is 6.58. The maximum absolute atomic E-state index is 15.0. The molecule has 1 aliphatic heterocycles. The van der Waals surface area contributed by atoms with Crippen LogP contribution in [0.4, 0.5) is 27.1 Å². The van der Waals surface area contributed by atoms with Crippen molar-refractivity contribution < 1.29 is 9.13 Å². The monoisotopic (exact) mass is 618 g/mol. The first-order valence-electron chi connectivity index (χ1n) is 15.9. The molecule has 0 unspecified atom stereocenters. The molecule has 2 aromatic heterocycles. The minimum absolute atomic E-state index is 0.133. The lowest BCUT2D eigenvalue weighted by atomic mass is 9.86. The van der Waals surface area contributed by atoms with E-state index in [0.29, 0.717) is 12.4 Å². The quantitative estimate of drug-likeness (QED) is 0.192. The smallest absolute Gasteiger partial charge is 0.146 e. The van der Waals surface area contributed by atoms with Gasteiger partial charge in [0.05, 0.1) is 28.1 Å². The molecular formula is C41H35FN4O. The molecule has 0 aliphatic carbocycles. The van der Waals surface area contributed by atoms with Gasteiger partial charge in [0, 0.05) is 34.8 Å². The number of hydrogen-bond donors (Lipinski definition) is 0. The fraction of sp³-hybridized carbons (Fsp3) is 0.146. The minimum Gasteiger partial charge on any atom is -0.457 e. The Morgan fingerprint density at radius 1 is 0.660 bits per heavy atom. The normalized spacial score (nSPS) is 13.0. The van der Waals surface area contributed by atoms with Crippen LogP contribution >= 0.6 is 0 Å². The average molecular weight is 619 g/mol. The minimum atomic E-state index is -0.245. The summed E-state index contributed by atoms with van der Waals surface area (Å²) in [6, 6.07) is 40.4. The predicted molar refractivity (Wildman–Crippen MR) is 191 cm³/mol. The van der Waals surface area contributed by atoms with Gasteiger partial charge in [0.25, 0.3) is 0 Å². The maximum Gasteiger partial charge on any atom is 0.146 e. The standard InChI is InChI=1S/C41H35FN4O/c1-27-19-20-43-40(21-27)46-35-13-7-5-11-32(35)33-18-17-30(25-39(33)46)47-31-23-28(41(2,3)4)22-29(24-31)44-26-45(36-14-8-6-12-34(36)42)38-16-10-9-15-37(38)44/h5-25H,26H2,1-4H3. The molecule has 47 heavy (non-hydrogen) atoms. The Labute approximate surface area is 274 Å². The summed E-state index contributed by atoms with van der Waals surface area (Å²) in [5.41, 5.74) is 7.81. The van der Waals surface area contributed by atoms with Crippen LogP contribution in [-0.2, 0) is 5.41 Å². The second-order valence-corrected chi connectivity index (χ2v) is 13.2. The van der Waals surface area contributed by atoms with Crippen molar-refractivity contribution >= 4 is 44.6 Å². The molecule has 0 N–H and O–H groups in total. The number of para-hydroxylation sites is 4. The number of rotatable bonds is 5. The first-order chi connectivity index (χ1) is 22.7. The van der Waals surface area contributed by atoms with Gasteiger partial charge in [-0.15, -0.1) is 0 Å². The van der Waals surface area contributed by atoms with E-state index in [4.69, 9.17) is 9.72 Å². The van der Waals surface area contributed by atoms with Crippen LogP contribution in [0.1, 0.15) is 31.9 Å². The van der Waals surface area contributed by atoms with Crippen LogP contribution in [0, 0.1) is 12.7 Å². The number of halogens is 1. The molecule has 7 aromatic rings. The summed E-state index contributed by atoms with van der Waals surface area (Å²) >= 11 is 0. The van der Waals surface area contributed by atoms with Crippen LogP contribution in [0.15, 0.2) is 128 Å². The Morgan fingerprint density at radius 2 is 1.36 bits per heavy atom. The van der Waals surface area contributed by atoms with Crippen molar-refractivity contribution in [3.05, 3.63) is 144 Å². The van der Waals surface area contributed by atoms with Crippen LogP contribution < -0.4 is 14.5 Å². The number of aryl methyl sites for hydroxylation is 1. The van der Waals surface area contributed by atoms with E-state index in [0.717, 1.165) is 61.9 Å². The Kier molecular flexibility index (Phi) is 6.76. The average Bonchev–Trinajstić information content (AvgIpc) is 3.60. The van der Waals surface area contributed by atoms with Gasteiger partial charge in [-0.2, -0.15) is 0 Å². The first-order valence-corrected chi connectivity index (χ1v) is 15.9. The summed E-state index contributed by atoms with van der Waals surface area (Å²) in [6.45, 7) is 9.18. The number of nitrogens with zero attached hydrogens (tertiary/aromatic N) is 4. The summed E-state index contributed by atoms with van der Waals surface area (Å²) in [5, 5.41) is 2.31. The second-order valence-electron chi connectivity index (χ2n) is 13.2. The summed E-state index contributed by atoms with van der Waals surface area (Å²) in [7, 11) is 0. The molecule has 0 radical (unpaired) electrons. The molecule has 6 heteroatoms. The van der Waals surface area contributed by atoms with Gasteiger partial charge >= 0.3 is 0 Å². The van der Waals surface area contributed by atoms with E-state index >= 15 is 4.39 Å². The molecule has 0 bridgehead atoms. The predicted octanol–water partition coefficient (Wildman–Crippen LogP) is 11.0. The van der Waals surface area contributed by atoms with E-state index in [-0.39, 0.29) is 11.2 Å². The zero-order valence-corrected chi connectivity index (χ0v) is 26.9. The van der Waals surface area contributed by atoms with Crippen LogP contribution in [-0.4, -0.2) is 16.2 Å². The summed E-state index contributed by atoms with van der Waals surface area (Å²) in [5.74, 6) is 2.11. The van der Waals surface area contributed by atoms with Gasteiger partial charge < -0.3 is 14.5 Å². The first kappa shape index (κ1) is 28.8. The van der Waals surface area contributed by atoms with Crippen molar-refractivity contribution in [2.45, 2.75) is 33.1 Å². The largest absolute Gasteiger partial charge is 0.457 e. The molecule has 0 saturated carbocycles. The van der Waals surface area contributed by atoms with Crippen LogP contribution in [0.5, 0.6) is 11.5 Å². The van der Waals surface area contributed by atoms with Gasteiger partial charge in [-0.3, -0.25) is 4.57 Å². The third kappa shape index (κ3) is 5.06. The molecule has 3 heterocycles. The molecule has 0 saturated heterocycles. The molecule has 5 aromatic carbocycles. The van der Waals surface area contributed by atoms with Crippen LogP contribution in [0.2, 0.25) is 0 Å². The Bertz CT molecular complexity index is 2300. The molecule has 1 aliphatic rings. The number of aromatic nitrogens is 2. The zero-order chi connectivity index (χ0) is 32.3. The van der Waals surface area contributed by atoms with E-state index in [9.17, 15) is 0 Å². The van der Waals surface area contributed by atoms with E-state index in [1.54, 1.807) is 6.07 Å². The van der Waals surface area contributed by atoms with Crippen molar-refractivity contribution in [2.75, 3.05) is 16.5 Å². The highest BCUT2D eigenvalue weighted by Crippen LogP contribution is 2.46. The highest BCUT2D eigenvalue weighted by molar-refractivity contribution is 6.09. The SMILES string of the molecule is Cc1ccnc(-n2c3ccccc3c3ccc(Oc4cc(N5CN(c6ccccc6F)c6ccccc65)cc(C(C)(C)C)c4)cc32)c1. The molecule has 0 amide bonds. The topological polar surface area (TPSA) is 33.5 Å². The molecule has 0 spiro atoms. The third-order valence-electron chi connectivity index (χ3n) is 8.97. The Morgan fingerprint density at radius 3 is 2.13 bits per heavy atom. The van der Waals surface area contributed by atoms with Gasteiger partial charge in [0.15, 0.2) is 0 Å². The molecule has 8 rings (SSSR count). The van der Waals surface area contributed by atoms with Crippen LogP contribution in [0.3, 0.4) is 0 Å². The zero-order valence-electron chi connectivity index (χ0n) is 26.9. The highest BCUT2D eigenvalue weighted by atomic mass is 19.1. The lowest BCUT2D eigenvalue weighted by molar-refractivity contribution is 0.479. The maximum atomic E-state index is 15.0. The lowest BCUT2D eigenvalue weighted by Crippen LogP contribution is -2.25. The number of pyridine rings is 1. The van der Waals surface area contributed by atoms with Gasteiger partial charge in [0.1, 0.15) is 29.8 Å². The number of hydrogen-bond acceptors (Lipinski definition) is 4. The second kappa shape index (κ2) is 11.0. The number of fused-ring (bicyclic) bond motifs is 4. The molecule has 0 fully saturated rings. The lowest BCUT2D eigenvalue weighted by Gasteiger charge is -2.26. The third-order valence-corrected chi connectivity index (χ3v) is 8.97. The van der Waals surface area contributed by atoms with Gasteiger partial charge in [-0.25, -0.2) is 9.37 Å². The van der Waals surface area contributed by atoms with E-state index < -0.39 is 0 Å². The van der Waals surface area contributed by atoms with Crippen LogP contribution in [0.25, 0.3) is 27.6 Å². The van der Waals surface area contributed by atoms with E-state index in [1.165, 1.54) is 11.5 Å². The summed E-state index contributed by atoms with van der Waals surface area (Å²) in [4.78, 5) is 8.99. The molecular weight excluding hydrogens is 583 g/mol. The number of benzene rings is 5. The van der Waals surface area contributed by atoms with Crippen molar-refractivity contribution in [3.8, 4) is 17.3 Å². The highest BCUT2D eigenvalue weighted by Gasteiger charge is 2.30. The van der Waals surface area contributed by atoms with Crippen molar-refractivity contribution in [1.29, 1.82) is 0 Å². The summed E-state index contributed by atoms with van der Waals surface area (Å²) < 4.78 is 24.0. The molecule has 232 valence electrons. The number of anilines is 4. The summed E-state index contributed by atoms with van der Waals surface area (Å²) in [6.07, 6.45) is 1.86. The Hall–Kier alpha value is -5.62. The molecule has 0 atom stereocenters. The molecule has 5 nitrogen and oxygen atoms in total. The number of ether oxygens (including phenoxy) is 1. The van der Waals surface area contributed by atoms with Gasteiger partial charge in [-0.1, -0.05) is 63.2 Å². The van der Waals surface area contributed by atoms with Crippen molar-refractivity contribution in [2.24, 2.45) is 0 Å². The van der Waals surface area contributed by atoms with Crippen molar-refractivity contribution in [3.63, 3.8) is 0 Å².